The number of carbonyl (C=O) groups is 1. The van der Waals surface area contributed by atoms with Crippen LogP contribution in [0.2, 0.25) is 0 Å². The molecule has 0 atom stereocenters. The van der Waals surface area contributed by atoms with E-state index in [-0.39, 0.29) is 0 Å². The number of urea groups is 1. The topological polar surface area (TPSA) is 87.6 Å². The third-order valence-electron chi connectivity index (χ3n) is 0.606. The number of allylic oxidation sites excluding steroid dienone is 1. The fraction of sp³-hybridized carbons (Fsp3) is 0.500. The number of methoxy groups -OCH3 is 2. The van der Waals surface area contributed by atoms with Gasteiger partial charge in [0.1, 0.15) is 12.0 Å². The lowest BCUT2D eigenvalue weighted by atomic mass is 10.6. The number of primary amides is 2. The van der Waals surface area contributed by atoms with Crippen molar-refractivity contribution in [3.05, 3.63) is 12.0 Å². The first kappa shape index (κ1) is 12.3. The van der Waals surface area contributed by atoms with Crippen LogP contribution in [0.5, 0.6) is 0 Å². The van der Waals surface area contributed by atoms with Crippen molar-refractivity contribution in [1.82, 2.24) is 0 Å². The Morgan fingerprint density at radius 3 is 1.82 bits per heavy atom. The van der Waals surface area contributed by atoms with Crippen LogP contribution < -0.4 is 11.5 Å². The lowest BCUT2D eigenvalue weighted by molar-refractivity contribution is 0.251. The Bertz CT molecular complexity index is 130. The molecule has 5 nitrogen and oxygen atoms in total. The van der Waals surface area contributed by atoms with Crippen LogP contribution in [0, 0.1) is 0 Å². The molecule has 0 aliphatic heterocycles. The van der Waals surface area contributed by atoms with Gasteiger partial charge in [-0.1, -0.05) is 0 Å². The Kier molecular flexibility index (Phi) is 9.63. The van der Waals surface area contributed by atoms with Crippen molar-refractivity contribution >= 4 is 6.03 Å². The van der Waals surface area contributed by atoms with Crippen LogP contribution >= 0.6 is 0 Å². The van der Waals surface area contributed by atoms with Gasteiger partial charge in [0.05, 0.1) is 14.2 Å². The maximum Gasteiger partial charge on any atom is 0.309 e. The van der Waals surface area contributed by atoms with Gasteiger partial charge in [-0.15, -0.1) is 0 Å². The van der Waals surface area contributed by atoms with Crippen LogP contribution in [0.3, 0.4) is 0 Å². The third-order valence-corrected chi connectivity index (χ3v) is 0.606. The number of rotatable bonds is 2. The first-order valence-corrected chi connectivity index (χ1v) is 2.83. The van der Waals surface area contributed by atoms with Gasteiger partial charge >= 0.3 is 6.03 Å². The summed E-state index contributed by atoms with van der Waals surface area (Å²) in [5, 5.41) is 0. The second-order valence-electron chi connectivity index (χ2n) is 1.57. The number of nitrogens with two attached hydrogens (primary N) is 2. The highest BCUT2D eigenvalue weighted by molar-refractivity contribution is 5.69. The molecule has 0 heterocycles. The minimum absolute atomic E-state index is 0.780. The SMILES string of the molecule is COC=C(C)OC.NC(N)=O. The monoisotopic (exact) mass is 162 g/mol. The Morgan fingerprint density at radius 1 is 1.36 bits per heavy atom. The number of hydrogen-bond acceptors (Lipinski definition) is 3. The van der Waals surface area contributed by atoms with E-state index >= 15 is 0 Å². The zero-order valence-corrected chi connectivity index (χ0v) is 6.96. The normalized spacial score (nSPS) is 9.18. The Labute approximate surface area is 65.9 Å². The summed E-state index contributed by atoms with van der Waals surface area (Å²) in [6, 6.07) is -0.833. The van der Waals surface area contributed by atoms with Crippen LogP contribution in [0.4, 0.5) is 4.79 Å². The van der Waals surface area contributed by atoms with E-state index in [9.17, 15) is 0 Å². The summed E-state index contributed by atoms with van der Waals surface area (Å²) in [5.41, 5.74) is 8.50. The van der Waals surface area contributed by atoms with E-state index in [0.29, 0.717) is 0 Å². The summed E-state index contributed by atoms with van der Waals surface area (Å²) in [4.78, 5) is 9.00. The highest BCUT2D eigenvalue weighted by atomic mass is 16.5. The molecule has 0 spiro atoms. The predicted molar refractivity (Wildman–Crippen MR) is 41.5 cm³/mol. The van der Waals surface area contributed by atoms with Gasteiger partial charge in [0.15, 0.2) is 0 Å². The molecule has 4 N–H and O–H groups in total. The van der Waals surface area contributed by atoms with Crippen molar-refractivity contribution in [1.29, 1.82) is 0 Å². The van der Waals surface area contributed by atoms with Crippen LogP contribution in [-0.4, -0.2) is 20.3 Å². The smallest absolute Gasteiger partial charge is 0.309 e. The fourth-order valence-electron chi connectivity index (χ4n) is 0.214. The zero-order valence-electron chi connectivity index (χ0n) is 6.96. The molecule has 0 aliphatic rings. The van der Waals surface area contributed by atoms with E-state index in [0.717, 1.165) is 5.76 Å². The number of carbonyl (C=O) groups excluding carboxylic acids is 1. The molecule has 0 unspecified atom stereocenters. The lowest BCUT2D eigenvalue weighted by Gasteiger charge is -1.94. The van der Waals surface area contributed by atoms with Gasteiger partial charge in [-0.05, 0) is 6.92 Å². The summed E-state index contributed by atoms with van der Waals surface area (Å²) in [5.74, 6) is 0.780. The quantitative estimate of drug-likeness (QED) is 0.567. The van der Waals surface area contributed by atoms with Gasteiger partial charge in [-0.25, -0.2) is 4.79 Å². The Morgan fingerprint density at radius 2 is 1.73 bits per heavy atom. The van der Waals surface area contributed by atoms with Gasteiger partial charge in [-0.2, -0.15) is 0 Å². The first-order valence-electron chi connectivity index (χ1n) is 2.83. The molecule has 11 heavy (non-hydrogen) atoms. The van der Waals surface area contributed by atoms with Crippen molar-refractivity contribution in [2.45, 2.75) is 6.92 Å². The molecule has 66 valence electrons. The van der Waals surface area contributed by atoms with Gasteiger partial charge in [0, 0.05) is 0 Å². The van der Waals surface area contributed by atoms with E-state index in [1.807, 2.05) is 6.92 Å². The van der Waals surface area contributed by atoms with Gasteiger partial charge in [0.2, 0.25) is 0 Å². The average molecular weight is 162 g/mol. The number of amides is 2. The zero-order chi connectivity index (χ0) is 9.28. The van der Waals surface area contributed by atoms with E-state index in [1.54, 1.807) is 20.5 Å². The molecule has 0 fully saturated rings. The highest BCUT2D eigenvalue weighted by Gasteiger charge is 1.77. The second kappa shape index (κ2) is 8.61. The van der Waals surface area contributed by atoms with E-state index < -0.39 is 6.03 Å². The minimum Gasteiger partial charge on any atom is -0.501 e. The van der Waals surface area contributed by atoms with Crippen LogP contribution in [-0.2, 0) is 9.47 Å². The minimum atomic E-state index is -0.833. The molecule has 0 rings (SSSR count). The summed E-state index contributed by atoms with van der Waals surface area (Å²) in [7, 11) is 3.19. The van der Waals surface area contributed by atoms with Crippen LogP contribution in [0.15, 0.2) is 12.0 Å². The average Bonchev–Trinajstić information content (AvgIpc) is 1.87. The van der Waals surface area contributed by atoms with Crippen LogP contribution in [0.1, 0.15) is 6.92 Å². The van der Waals surface area contributed by atoms with E-state index in [4.69, 9.17) is 9.53 Å². The predicted octanol–water partition coefficient (Wildman–Crippen LogP) is 0.164. The molecule has 0 aromatic carbocycles. The second-order valence-corrected chi connectivity index (χ2v) is 1.57. The maximum absolute atomic E-state index is 9.00. The molecule has 0 aromatic rings. The molecular formula is C6H14N2O3. The van der Waals surface area contributed by atoms with Crippen molar-refractivity contribution in [2.24, 2.45) is 11.5 Å². The van der Waals surface area contributed by atoms with E-state index in [1.165, 1.54) is 0 Å². The van der Waals surface area contributed by atoms with Gasteiger partial charge in [-0.3, -0.25) is 0 Å². The van der Waals surface area contributed by atoms with Crippen molar-refractivity contribution in [3.8, 4) is 0 Å². The molecule has 0 saturated heterocycles. The number of ether oxygens (including phenoxy) is 2. The standard InChI is InChI=1S/C5H10O2.CH4N2O/c1-5(7-3)4-6-2;2-1(3)4/h4H,1-3H3;(H4,2,3,4). The summed E-state index contributed by atoms with van der Waals surface area (Å²) in [6.07, 6.45) is 1.54. The molecular weight excluding hydrogens is 148 g/mol. The molecule has 0 saturated carbocycles. The maximum atomic E-state index is 9.00. The van der Waals surface area contributed by atoms with Gasteiger partial charge < -0.3 is 20.9 Å². The largest absolute Gasteiger partial charge is 0.501 e. The van der Waals surface area contributed by atoms with Crippen molar-refractivity contribution in [2.75, 3.05) is 14.2 Å². The van der Waals surface area contributed by atoms with Crippen LogP contribution in [0.25, 0.3) is 0 Å². The highest BCUT2D eigenvalue weighted by Crippen LogP contribution is 1.89. The summed E-state index contributed by atoms with van der Waals surface area (Å²) < 4.78 is 9.33. The first-order chi connectivity index (χ1) is 5.04. The van der Waals surface area contributed by atoms with E-state index in [2.05, 4.69) is 16.2 Å². The molecule has 0 aromatic heterocycles. The van der Waals surface area contributed by atoms with Crippen molar-refractivity contribution < 1.29 is 14.3 Å². The third kappa shape index (κ3) is 28.9. The number of hydrogen-bond donors (Lipinski definition) is 2. The summed E-state index contributed by atoms with van der Waals surface area (Å²) >= 11 is 0. The Hall–Kier alpha value is -1.39. The van der Waals surface area contributed by atoms with Crippen molar-refractivity contribution in [3.63, 3.8) is 0 Å². The molecule has 5 heteroatoms. The Balaban J connectivity index is 0. The molecule has 0 bridgehead atoms. The van der Waals surface area contributed by atoms with Gasteiger partial charge in [0.25, 0.3) is 0 Å². The molecule has 0 radical (unpaired) electrons. The summed E-state index contributed by atoms with van der Waals surface area (Å²) in [6.45, 7) is 1.82. The lowest BCUT2D eigenvalue weighted by Crippen LogP contribution is -2.18. The fourth-order valence-corrected chi connectivity index (χ4v) is 0.214. The molecule has 2 amide bonds. The molecule has 0 aliphatic carbocycles.